The first-order chi connectivity index (χ1) is 12.1. The third-order valence-electron chi connectivity index (χ3n) is 4.14. The average molecular weight is 372 g/mol. The highest BCUT2D eigenvalue weighted by molar-refractivity contribution is 7.22. The van der Waals surface area contributed by atoms with Crippen molar-refractivity contribution in [3.05, 3.63) is 53.6 Å². The Morgan fingerprint density at radius 2 is 2.08 bits per heavy atom. The Bertz CT molecular complexity index is 939. The number of aromatic nitrogens is 1. The van der Waals surface area contributed by atoms with Crippen LogP contribution in [0.5, 0.6) is 0 Å². The second-order valence-corrected chi connectivity index (χ2v) is 7.33. The highest BCUT2D eigenvalue weighted by Gasteiger charge is 2.35. The summed E-state index contributed by atoms with van der Waals surface area (Å²) in [6, 6.07) is 14.8. The molecule has 1 aliphatic rings. The third kappa shape index (κ3) is 3.23. The number of hydrogen-bond donors (Lipinski definition) is 1. The number of benzene rings is 2. The van der Waals surface area contributed by atoms with E-state index in [4.69, 9.17) is 11.6 Å². The lowest BCUT2D eigenvalue weighted by atomic mass is 10.1. The number of carbonyl (C=O) groups is 2. The van der Waals surface area contributed by atoms with Gasteiger partial charge in [-0.2, -0.15) is 0 Å². The van der Waals surface area contributed by atoms with E-state index in [-0.39, 0.29) is 18.2 Å². The Morgan fingerprint density at radius 3 is 2.88 bits per heavy atom. The van der Waals surface area contributed by atoms with Crippen LogP contribution in [-0.2, 0) is 9.59 Å². The van der Waals surface area contributed by atoms with Crippen molar-refractivity contribution >= 4 is 55.8 Å². The number of fused-ring (bicyclic) bond motifs is 1. The van der Waals surface area contributed by atoms with Gasteiger partial charge in [0.05, 0.1) is 16.1 Å². The number of carbonyl (C=O) groups excluding carboxylic acids is 2. The normalized spacial score (nSPS) is 17.2. The number of rotatable bonds is 3. The maximum atomic E-state index is 12.5. The molecule has 126 valence electrons. The smallest absolute Gasteiger partial charge is 0.231 e. The van der Waals surface area contributed by atoms with Crippen molar-refractivity contribution in [1.82, 2.24) is 4.98 Å². The highest BCUT2D eigenvalue weighted by atomic mass is 35.5. The standard InChI is InChI=1S/C18H14ClN3O2S/c19-12-4-3-5-13(9-12)22-10-11(8-16(22)23)17(24)21-18-20-14-6-1-2-7-15(14)25-18/h1-7,9,11H,8,10H2,(H,20,21,24). The largest absolute Gasteiger partial charge is 0.312 e. The molecule has 1 atom stereocenters. The fraction of sp³-hybridized carbons (Fsp3) is 0.167. The van der Waals surface area contributed by atoms with E-state index in [0.29, 0.717) is 22.4 Å². The van der Waals surface area contributed by atoms with Gasteiger partial charge in [-0.3, -0.25) is 9.59 Å². The first-order valence-corrected chi connectivity index (χ1v) is 9.02. The predicted molar refractivity (Wildman–Crippen MR) is 100 cm³/mol. The fourth-order valence-electron chi connectivity index (χ4n) is 2.91. The molecule has 0 bridgehead atoms. The predicted octanol–water partition coefficient (Wildman–Crippen LogP) is 3.94. The van der Waals surface area contributed by atoms with E-state index in [1.54, 1.807) is 23.1 Å². The minimum atomic E-state index is -0.404. The SMILES string of the molecule is O=C(Nc1nc2ccccc2s1)C1CC(=O)N(c2cccc(Cl)c2)C1. The van der Waals surface area contributed by atoms with Gasteiger partial charge in [0.25, 0.3) is 0 Å². The van der Waals surface area contributed by atoms with Crippen LogP contribution in [0.25, 0.3) is 10.2 Å². The quantitative estimate of drug-likeness (QED) is 0.758. The number of hydrogen-bond acceptors (Lipinski definition) is 4. The van der Waals surface area contributed by atoms with Crippen LogP contribution < -0.4 is 10.2 Å². The van der Waals surface area contributed by atoms with Crippen molar-refractivity contribution in [3.63, 3.8) is 0 Å². The topological polar surface area (TPSA) is 62.3 Å². The average Bonchev–Trinajstić information content (AvgIpc) is 3.17. The van der Waals surface area contributed by atoms with E-state index in [9.17, 15) is 9.59 Å². The van der Waals surface area contributed by atoms with Gasteiger partial charge in [-0.1, -0.05) is 41.1 Å². The maximum Gasteiger partial charge on any atom is 0.231 e. The summed E-state index contributed by atoms with van der Waals surface area (Å²) in [5, 5.41) is 3.96. The Kier molecular flexibility index (Phi) is 4.15. The van der Waals surface area contributed by atoms with Gasteiger partial charge in [0.2, 0.25) is 11.8 Å². The molecule has 1 unspecified atom stereocenters. The first-order valence-electron chi connectivity index (χ1n) is 7.82. The lowest BCUT2D eigenvalue weighted by Gasteiger charge is -2.16. The third-order valence-corrected chi connectivity index (χ3v) is 5.33. The summed E-state index contributed by atoms with van der Waals surface area (Å²) in [6.45, 7) is 0.343. The number of nitrogens with one attached hydrogen (secondary N) is 1. The molecule has 4 rings (SSSR count). The second-order valence-electron chi connectivity index (χ2n) is 5.86. The van der Waals surface area contributed by atoms with Crippen LogP contribution in [-0.4, -0.2) is 23.3 Å². The van der Waals surface area contributed by atoms with Gasteiger partial charge >= 0.3 is 0 Å². The van der Waals surface area contributed by atoms with Crippen molar-refractivity contribution in [2.24, 2.45) is 5.92 Å². The minimum absolute atomic E-state index is 0.0771. The molecule has 2 heterocycles. The van der Waals surface area contributed by atoms with Crippen molar-refractivity contribution in [3.8, 4) is 0 Å². The molecule has 3 aromatic rings. The monoisotopic (exact) mass is 371 g/mol. The summed E-state index contributed by atoms with van der Waals surface area (Å²) in [4.78, 5) is 30.8. The van der Waals surface area contributed by atoms with E-state index in [1.165, 1.54) is 11.3 Å². The number of anilines is 2. The van der Waals surface area contributed by atoms with Gasteiger partial charge in [-0.25, -0.2) is 4.98 Å². The lowest BCUT2D eigenvalue weighted by molar-refractivity contribution is -0.122. The maximum absolute atomic E-state index is 12.5. The molecule has 2 amide bonds. The van der Waals surface area contributed by atoms with Gasteiger partial charge < -0.3 is 10.2 Å². The summed E-state index contributed by atoms with van der Waals surface area (Å²) in [6.07, 6.45) is 0.184. The van der Waals surface area contributed by atoms with E-state index < -0.39 is 5.92 Å². The van der Waals surface area contributed by atoms with E-state index in [1.807, 2.05) is 30.3 Å². The Balaban J connectivity index is 1.48. The van der Waals surface area contributed by atoms with E-state index >= 15 is 0 Å². The van der Waals surface area contributed by atoms with Crippen LogP contribution in [0.15, 0.2) is 48.5 Å². The van der Waals surface area contributed by atoms with Gasteiger partial charge in [0.15, 0.2) is 5.13 Å². The van der Waals surface area contributed by atoms with E-state index in [2.05, 4.69) is 10.3 Å². The summed E-state index contributed by atoms with van der Waals surface area (Å²) < 4.78 is 1.01. The summed E-state index contributed by atoms with van der Waals surface area (Å²) in [5.74, 6) is -0.665. The summed E-state index contributed by atoms with van der Waals surface area (Å²) in [7, 11) is 0. The molecule has 1 fully saturated rings. The first kappa shape index (κ1) is 16.1. The number of para-hydroxylation sites is 1. The molecule has 0 spiro atoms. The molecule has 1 aliphatic heterocycles. The van der Waals surface area contributed by atoms with Crippen molar-refractivity contribution in [2.75, 3.05) is 16.8 Å². The summed E-state index contributed by atoms with van der Waals surface area (Å²) >= 11 is 7.42. The molecule has 0 radical (unpaired) electrons. The highest BCUT2D eigenvalue weighted by Crippen LogP contribution is 2.29. The fourth-order valence-corrected chi connectivity index (χ4v) is 3.96. The molecule has 2 aromatic carbocycles. The zero-order valence-electron chi connectivity index (χ0n) is 13.1. The molecule has 0 aliphatic carbocycles. The van der Waals surface area contributed by atoms with Crippen LogP contribution in [0.4, 0.5) is 10.8 Å². The Morgan fingerprint density at radius 1 is 1.24 bits per heavy atom. The summed E-state index contributed by atoms with van der Waals surface area (Å²) in [5.41, 5.74) is 1.57. The minimum Gasteiger partial charge on any atom is -0.312 e. The van der Waals surface area contributed by atoms with Crippen molar-refractivity contribution < 1.29 is 9.59 Å². The van der Waals surface area contributed by atoms with Gasteiger partial charge in [-0.05, 0) is 30.3 Å². The lowest BCUT2D eigenvalue weighted by Crippen LogP contribution is -2.28. The molecule has 7 heteroatoms. The zero-order valence-corrected chi connectivity index (χ0v) is 14.7. The number of nitrogens with zero attached hydrogens (tertiary/aromatic N) is 2. The van der Waals surface area contributed by atoms with Crippen LogP contribution in [0.1, 0.15) is 6.42 Å². The van der Waals surface area contributed by atoms with Crippen molar-refractivity contribution in [1.29, 1.82) is 0 Å². The van der Waals surface area contributed by atoms with Crippen LogP contribution in [0, 0.1) is 5.92 Å². The molecular formula is C18H14ClN3O2S. The van der Waals surface area contributed by atoms with Gasteiger partial charge in [0, 0.05) is 23.7 Å². The molecule has 1 N–H and O–H groups in total. The number of amides is 2. The van der Waals surface area contributed by atoms with Gasteiger partial charge in [0.1, 0.15) is 0 Å². The molecule has 1 aromatic heterocycles. The van der Waals surface area contributed by atoms with Crippen LogP contribution in [0.2, 0.25) is 5.02 Å². The Labute approximate surface area is 153 Å². The van der Waals surface area contributed by atoms with Crippen LogP contribution in [0.3, 0.4) is 0 Å². The Hall–Kier alpha value is -2.44. The van der Waals surface area contributed by atoms with Crippen LogP contribution >= 0.6 is 22.9 Å². The molecule has 5 nitrogen and oxygen atoms in total. The van der Waals surface area contributed by atoms with Crippen molar-refractivity contribution in [2.45, 2.75) is 6.42 Å². The zero-order chi connectivity index (χ0) is 17.4. The number of thiazole rings is 1. The molecule has 1 saturated heterocycles. The van der Waals surface area contributed by atoms with E-state index in [0.717, 1.165) is 10.2 Å². The molecule has 0 saturated carbocycles. The second kappa shape index (κ2) is 6.46. The molecular weight excluding hydrogens is 358 g/mol. The van der Waals surface area contributed by atoms with Gasteiger partial charge in [-0.15, -0.1) is 0 Å². The number of halogens is 1. The molecule has 25 heavy (non-hydrogen) atoms.